The minimum absolute atomic E-state index is 0.0590. The van der Waals surface area contributed by atoms with Gasteiger partial charge in [0.05, 0.1) is 5.00 Å². The van der Waals surface area contributed by atoms with Crippen molar-refractivity contribution >= 4 is 20.9 Å². The molecule has 1 atom stereocenters. The first-order valence-corrected chi connectivity index (χ1v) is 7.64. The number of hydrogen-bond donors (Lipinski definition) is 0. The zero-order valence-corrected chi connectivity index (χ0v) is 11.5. The molecule has 0 aliphatic rings. The van der Waals surface area contributed by atoms with Crippen LogP contribution in [0.15, 0.2) is 0 Å². The molecule has 0 fully saturated rings. The summed E-state index contributed by atoms with van der Waals surface area (Å²) in [4.78, 5) is 0. The summed E-state index contributed by atoms with van der Waals surface area (Å²) in [7, 11) is -1.60. The molecule has 0 spiro atoms. The van der Waals surface area contributed by atoms with Gasteiger partial charge in [-0.05, 0) is 19.8 Å². The van der Waals surface area contributed by atoms with Crippen LogP contribution in [0, 0.1) is 0 Å². The molecule has 14 heavy (non-hydrogen) atoms. The van der Waals surface area contributed by atoms with Gasteiger partial charge in [-0.1, -0.05) is 26.7 Å². The summed E-state index contributed by atoms with van der Waals surface area (Å²) >= 11 is 6.01. The van der Waals surface area contributed by atoms with Gasteiger partial charge >= 0.3 is 9.28 Å². The minimum atomic E-state index is -1.60. The monoisotopic (exact) mass is 238 g/mol. The van der Waals surface area contributed by atoms with Gasteiger partial charge < -0.3 is 8.85 Å². The van der Waals surface area contributed by atoms with Crippen LogP contribution in [0.1, 0.15) is 46.5 Å². The van der Waals surface area contributed by atoms with E-state index in [0.717, 1.165) is 38.9 Å². The Morgan fingerprint density at radius 3 is 1.79 bits per heavy atom. The molecule has 0 aromatic heterocycles. The van der Waals surface area contributed by atoms with Crippen LogP contribution in [0.3, 0.4) is 0 Å². The molecule has 0 heterocycles. The van der Waals surface area contributed by atoms with Crippen LogP contribution < -0.4 is 0 Å². The van der Waals surface area contributed by atoms with Crippen LogP contribution >= 0.6 is 11.6 Å². The Labute approximate surface area is 94.8 Å². The molecule has 4 heteroatoms. The molecule has 0 aliphatic carbocycles. The highest BCUT2D eigenvalue weighted by Gasteiger charge is 2.19. The molecule has 0 N–H and O–H groups in total. The van der Waals surface area contributed by atoms with Crippen molar-refractivity contribution in [2.75, 3.05) is 13.2 Å². The fraction of sp³-hybridized carbons (Fsp3) is 1.00. The number of halogens is 1. The van der Waals surface area contributed by atoms with Crippen molar-refractivity contribution in [3.8, 4) is 0 Å². The van der Waals surface area contributed by atoms with Crippen molar-refractivity contribution in [3.63, 3.8) is 0 Å². The largest absolute Gasteiger partial charge is 0.396 e. The highest BCUT2D eigenvalue weighted by atomic mass is 35.5. The van der Waals surface area contributed by atoms with Crippen molar-refractivity contribution in [1.29, 1.82) is 0 Å². The number of hydrogen-bond acceptors (Lipinski definition) is 2. The van der Waals surface area contributed by atoms with Crippen LogP contribution in [0.2, 0.25) is 0 Å². The normalized spacial score (nSPS) is 13.5. The molecule has 0 aromatic carbocycles. The third kappa shape index (κ3) is 7.80. The molecule has 0 bridgehead atoms. The highest BCUT2D eigenvalue weighted by molar-refractivity contribution is 6.59. The molecular weight excluding hydrogens is 216 g/mol. The first-order valence-electron chi connectivity index (χ1n) is 5.59. The first-order chi connectivity index (χ1) is 6.72. The molecule has 0 rings (SSSR count). The van der Waals surface area contributed by atoms with Gasteiger partial charge in [0.2, 0.25) is 0 Å². The third-order valence-electron chi connectivity index (χ3n) is 1.94. The van der Waals surface area contributed by atoms with E-state index < -0.39 is 9.28 Å². The molecule has 0 saturated heterocycles. The molecule has 0 aliphatic heterocycles. The van der Waals surface area contributed by atoms with Crippen molar-refractivity contribution in [2.24, 2.45) is 0 Å². The van der Waals surface area contributed by atoms with Crippen molar-refractivity contribution < 1.29 is 8.85 Å². The standard InChI is InChI=1S/C10H23ClO2Si/c1-4-6-8-12-14(10(3)11)13-9-7-5-2/h10,14H,4-9H2,1-3H3. The van der Waals surface area contributed by atoms with Gasteiger partial charge in [-0.25, -0.2) is 0 Å². The summed E-state index contributed by atoms with van der Waals surface area (Å²) in [5, 5.41) is 0.0590. The van der Waals surface area contributed by atoms with Crippen LogP contribution in [-0.4, -0.2) is 27.5 Å². The molecule has 0 aromatic rings. The predicted molar refractivity (Wildman–Crippen MR) is 64.2 cm³/mol. The van der Waals surface area contributed by atoms with Gasteiger partial charge in [-0.2, -0.15) is 0 Å². The predicted octanol–water partition coefficient (Wildman–Crippen LogP) is 3.01. The zero-order valence-electron chi connectivity index (χ0n) is 9.59. The smallest absolute Gasteiger partial charge is 0.339 e. The fourth-order valence-electron chi connectivity index (χ4n) is 1.00. The molecule has 86 valence electrons. The fourth-order valence-corrected chi connectivity index (χ4v) is 2.86. The number of unbranched alkanes of at least 4 members (excludes halogenated alkanes) is 2. The molecule has 0 saturated carbocycles. The van der Waals surface area contributed by atoms with E-state index in [1.165, 1.54) is 0 Å². The number of rotatable bonds is 9. The summed E-state index contributed by atoms with van der Waals surface area (Å²) < 4.78 is 11.4. The summed E-state index contributed by atoms with van der Waals surface area (Å²) in [6.07, 6.45) is 4.52. The lowest BCUT2D eigenvalue weighted by molar-refractivity contribution is 0.190. The lowest BCUT2D eigenvalue weighted by Crippen LogP contribution is -2.32. The Morgan fingerprint density at radius 1 is 1.07 bits per heavy atom. The quantitative estimate of drug-likeness (QED) is 0.349. The first kappa shape index (κ1) is 14.4. The van der Waals surface area contributed by atoms with E-state index in [1.54, 1.807) is 0 Å². The second-order valence-corrected chi connectivity index (χ2v) is 7.01. The van der Waals surface area contributed by atoms with E-state index in [2.05, 4.69) is 13.8 Å². The molecule has 1 unspecified atom stereocenters. The summed E-state index contributed by atoms with van der Waals surface area (Å²) in [5.74, 6) is 0. The van der Waals surface area contributed by atoms with E-state index in [0.29, 0.717) is 0 Å². The highest BCUT2D eigenvalue weighted by Crippen LogP contribution is 2.06. The van der Waals surface area contributed by atoms with E-state index in [9.17, 15) is 0 Å². The summed E-state index contributed by atoms with van der Waals surface area (Å²) in [5.41, 5.74) is 0. The van der Waals surface area contributed by atoms with Crippen LogP contribution in [-0.2, 0) is 8.85 Å². The number of alkyl halides is 1. The molecular formula is C10H23ClO2Si. The average Bonchev–Trinajstić information content (AvgIpc) is 2.15. The van der Waals surface area contributed by atoms with Crippen LogP contribution in [0.25, 0.3) is 0 Å². The maximum absolute atomic E-state index is 6.01. The lowest BCUT2D eigenvalue weighted by Gasteiger charge is -2.18. The Kier molecular flexibility index (Phi) is 10.3. The topological polar surface area (TPSA) is 18.5 Å². The van der Waals surface area contributed by atoms with Crippen LogP contribution in [0.4, 0.5) is 0 Å². The SMILES string of the molecule is CCCCO[SiH](OCCCC)C(C)Cl. The molecule has 2 nitrogen and oxygen atoms in total. The molecule has 0 radical (unpaired) electrons. The van der Waals surface area contributed by atoms with Crippen molar-refractivity contribution in [2.45, 2.75) is 51.5 Å². The molecule has 0 amide bonds. The average molecular weight is 239 g/mol. The zero-order chi connectivity index (χ0) is 10.8. The Bertz CT molecular complexity index is 113. The van der Waals surface area contributed by atoms with E-state index >= 15 is 0 Å². The Morgan fingerprint density at radius 2 is 1.50 bits per heavy atom. The van der Waals surface area contributed by atoms with Gasteiger partial charge in [0.15, 0.2) is 0 Å². The lowest BCUT2D eigenvalue weighted by atomic mass is 10.4. The van der Waals surface area contributed by atoms with Crippen LogP contribution in [0.5, 0.6) is 0 Å². The van der Waals surface area contributed by atoms with Gasteiger partial charge in [0.1, 0.15) is 0 Å². The Balaban J connectivity index is 3.55. The van der Waals surface area contributed by atoms with E-state index in [4.69, 9.17) is 20.5 Å². The summed E-state index contributed by atoms with van der Waals surface area (Å²) in [6.45, 7) is 7.88. The van der Waals surface area contributed by atoms with Gasteiger partial charge in [0.25, 0.3) is 0 Å². The van der Waals surface area contributed by atoms with Gasteiger partial charge in [0, 0.05) is 13.2 Å². The van der Waals surface area contributed by atoms with E-state index in [1.807, 2.05) is 6.92 Å². The third-order valence-corrected chi connectivity index (χ3v) is 4.43. The second-order valence-electron chi connectivity index (χ2n) is 3.49. The van der Waals surface area contributed by atoms with Gasteiger partial charge in [-0.3, -0.25) is 0 Å². The maximum Gasteiger partial charge on any atom is 0.339 e. The van der Waals surface area contributed by atoms with E-state index in [-0.39, 0.29) is 5.00 Å². The second kappa shape index (κ2) is 9.96. The minimum Gasteiger partial charge on any atom is -0.396 e. The van der Waals surface area contributed by atoms with Crippen molar-refractivity contribution in [3.05, 3.63) is 0 Å². The maximum atomic E-state index is 6.01. The van der Waals surface area contributed by atoms with Crippen molar-refractivity contribution in [1.82, 2.24) is 0 Å². The summed E-state index contributed by atoms with van der Waals surface area (Å²) in [6, 6.07) is 0. The Hall–Kier alpha value is 0.427. The van der Waals surface area contributed by atoms with Gasteiger partial charge in [-0.15, -0.1) is 11.6 Å².